The molecule has 1 aliphatic rings. The van der Waals surface area contributed by atoms with Gasteiger partial charge < -0.3 is 20.1 Å². The highest BCUT2D eigenvalue weighted by atomic mass is 35.5. The van der Waals surface area contributed by atoms with Crippen LogP contribution in [0.4, 0.5) is 5.69 Å². The fraction of sp³-hybridized carbons (Fsp3) is 0.263. The molecule has 1 unspecified atom stereocenters. The summed E-state index contributed by atoms with van der Waals surface area (Å²) in [6, 6.07) is 12.7. The molecule has 1 saturated heterocycles. The van der Waals surface area contributed by atoms with Crippen molar-refractivity contribution in [3.05, 3.63) is 59.1 Å². The molecule has 1 fully saturated rings. The van der Waals surface area contributed by atoms with Crippen molar-refractivity contribution in [1.82, 2.24) is 5.32 Å². The number of nitrogens with two attached hydrogens (primary N) is 1. The largest absolute Gasteiger partial charge is 0.477 e. The third-order valence-corrected chi connectivity index (χ3v) is 4.58. The maximum atomic E-state index is 12.8. The molecular formula is C19H20ClN3O4. The van der Waals surface area contributed by atoms with Crippen molar-refractivity contribution in [2.75, 3.05) is 31.1 Å². The first-order valence-corrected chi connectivity index (χ1v) is 8.85. The van der Waals surface area contributed by atoms with E-state index in [2.05, 4.69) is 10.2 Å². The van der Waals surface area contributed by atoms with Crippen molar-refractivity contribution in [3.8, 4) is 5.75 Å². The van der Waals surface area contributed by atoms with E-state index in [1.165, 1.54) is 12.1 Å². The van der Waals surface area contributed by atoms with Gasteiger partial charge in [-0.05, 0) is 42.5 Å². The van der Waals surface area contributed by atoms with Crippen LogP contribution in [0, 0.1) is 0 Å². The summed E-state index contributed by atoms with van der Waals surface area (Å²) in [6.45, 7) is 3.50. The number of hydrogen-bond donors (Lipinski definition) is 3. The Balaban J connectivity index is 1.82. The maximum absolute atomic E-state index is 12.8. The van der Waals surface area contributed by atoms with Gasteiger partial charge in [0.2, 0.25) is 5.78 Å². The lowest BCUT2D eigenvalue weighted by atomic mass is 10.0. The summed E-state index contributed by atoms with van der Waals surface area (Å²) in [5, 5.41) is 13.1. The Labute approximate surface area is 161 Å². The fourth-order valence-electron chi connectivity index (χ4n) is 2.86. The smallest absolute Gasteiger partial charge is 0.372 e. The first kappa shape index (κ1) is 19.2. The van der Waals surface area contributed by atoms with Crippen LogP contribution in [0.1, 0.15) is 10.4 Å². The first-order chi connectivity index (χ1) is 12.9. The Morgan fingerprint density at radius 2 is 1.81 bits per heavy atom. The number of carboxylic acid groups (broad SMARTS) is 1. The normalized spacial score (nSPS) is 16.4. The van der Waals surface area contributed by atoms with E-state index in [9.17, 15) is 14.7 Å². The topological polar surface area (TPSA) is 105 Å². The Morgan fingerprint density at radius 1 is 1.15 bits per heavy atom. The Hall–Kier alpha value is -2.61. The number of piperazine rings is 1. The van der Waals surface area contributed by atoms with E-state index in [1.807, 2.05) is 0 Å². The zero-order chi connectivity index (χ0) is 19.4. The van der Waals surface area contributed by atoms with Gasteiger partial charge in [-0.3, -0.25) is 10.5 Å². The number of hydrogen-bond acceptors (Lipinski definition) is 6. The third-order valence-electron chi connectivity index (χ3n) is 4.34. The van der Waals surface area contributed by atoms with Crippen molar-refractivity contribution in [1.29, 1.82) is 0 Å². The molecule has 0 aromatic heterocycles. The molecule has 1 aliphatic heterocycles. The van der Waals surface area contributed by atoms with Gasteiger partial charge in [0.15, 0.2) is 0 Å². The zero-order valence-electron chi connectivity index (χ0n) is 14.5. The number of aliphatic carboxylic acids is 1. The summed E-state index contributed by atoms with van der Waals surface area (Å²) in [5.41, 5.74) is 4.41. The zero-order valence-corrected chi connectivity index (χ0v) is 15.3. The number of rotatable bonds is 6. The molecule has 0 aliphatic carbocycles. The number of nitrogens with one attached hydrogen (secondary N) is 1. The summed E-state index contributed by atoms with van der Waals surface area (Å²) in [5.74, 6) is -2.33. The summed E-state index contributed by atoms with van der Waals surface area (Å²) >= 11 is 5.88. The average Bonchev–Trinajstić information content (AvgIpc) is 2.68. The van der Waals surface area contributed by atoms with E-state index < -0.39 is 17.5 Å². The molecular weight excluding hydrogens is 370 g/mol. The molecule has 142 valence electrons. The number of halogens is 1. The number of carbonyl (C=O) groups is 2. The van der Waals surface area contributed by atoms with Crippen molar-refractivity contribution in [2.24, 2.45) is 5.73 Å². The molecule has 0 radical (unpaired) electrons. The lowest BCUT2D eigenvalue weighted by Crippen LogP contribution is -2.59. The fourth-order valence-corrected chi connectivity index (χ4v) is 3.04. The predicted molar refractivity (Wildman–Crippen MR) is 102 cm³/mol. The highest BCUT2D eigenvalue weighted by Gasteiger charge is 2.45. The van der Waals surface area contributed by atoms with E-state index >= 15 is 0 Å². The van der Waals surface area contributed by atoms with E-state index in [0.29, 0.717) is 5.02 Å². The molecule has 1 atom stereocenters. The standard InChI is InChI=1S/C19H20ClN3O4/c20-14-2-1-3-16(12-14)27-19(21,18(25)26)17(24)13-4-6-15(7-5-13)23-10-8-22-9-11-23/h1-7,12,22H,8-11,21H2,(H,25,26). The number of anilines is 1. The molecule has 0 spiro atoms. The van der Waals surface area contributed by atoms with Crippen molar-refractivity contribution < 1.29 is 19.4 Å². The van der Waals surface area contributed by atoms with Gasteiger partial charge in [0.1, 0.15) is 5.75 Å². The predicted octanol–water partition coefficient (Wildman–Crippen LogP) is 1.75. The Bertz CT molecular complexity index is 837. The lowest BCUT2D eigenvalue weighted by molar-refractivity contribution is -0.150. The first-order valence-electron chi connectivity index (χ1n) is 8.47. The van der Waals surface area contributed by atoms with E-state index in [4.69, 9.17) is 22.1 Å². The van der Waals surface area contributed by atoms with Crippen LogP contribution in [0.2, 0.25) is 5.02 Å². The summed E-state index contributed by atoms with van der Waals surface area (Å²) < 4.78 is 5.33. The minimum Gasteiger partial charge on any atom is -0.477 e. The van der Waals surface area contributed by atoms with Crippen LogP contribution in [0.15, 0.2) is 48.5 Å². The van der Waals surface area contributed by atoms with Gasteiger partial charge in [-0.15, -0.1) is 0 Å². The number of nitrogens with zero attached hydrogens (tertiary/aromatic N) is 1. The highest BCUT2D eigenvalue weighted by Crippen LogP contribution is 2.24. The highest BCUT2D eigenvalue weighted by molar-refractivity contribution is 6.30. The molecule has 8 heteroatoms. The minimum absolute atomic E-state index is 0.0955. The molecule has 27 heavy (non-hydrogen) atoms. The van der Waals surface area contributed by atoms with Gasteiger partial charge in [0.05, 0.1) is 0 Å². The van der Waals surface area contributed by atoms with Crippen LogP contribution >= 0.6 is 11.6 Å². The molecule has 0 saturated carbocycles. The second-order valence-electron chi connectivity index (χ2n) is 6.21. The van der Waals surface area contributed by atoms with Crippen LogP contribution in [0.5, 0.6) is 5.75 Å². The number of Topliss-reactive ketones (excluding diaryl/α,β-unsaturated/α-hetero) is 1. The molecule has 0 amide bonds. The number of ether oxygens (including phenoxy) is 1. The number of carbonyl (C=O) groups excluding carboxylic acids is 1. The van der Waals surface area contributed by atoms with E-state index in [-0.39, 0.29) is 11.3 Å². The molecule has 2 aromatic rings. The summed E-state index contributed by atoms with van der Waals surface area (Å²) in [4.78, 5) is 26.7. The number of benzene rings is 2. The third kappa shape index (κ3) is 4.21. The minimum atomic E-state index is -2.55. The van der Waals surface area contributed by atoms with Crippen molar-refractivity contribution in [2.45, 2.75) is 5.72 Å². The van der Waals surface area contributed by atoms with E-state index in [1.54, 1.807) is 36.4 Å². The number of ketones is 1. The van der Waals surface area contributed by atoms with Gasteiger partial charge in [0, 0.05) is 42.5 Å². The van der Waals surface area contributed by atoms with Crippen LogP contribution in [0.25, 0.3) is 0 Å². The summed E-state index contributed by atoms with van der Waals surface area (Å²) in [7, 11) is 0. The maximum Gasteiger partial charge on any atom is 0.372 e. The van der Waals surface area contributed by atoms with Crippen molar-refractivity contribution >= 4 is 29.0 Å². The molecule has 2 aromatic carbocycles. The van der Waals surface area contributed by atoms with Gasteiger partial charge in [-0.2, -0.15) is 0 Å². The lowest BCUT2D eigenvalue weighted by Gasteiger charge is -2.29. The van der Waals surface area contributed by atoms with Crippen LogP contribution in [-0.2, 0) is 4.79 Å². The monoisotopic (exact) mass is 389 g/mol. The van der Waals surface area contributed by atoms with Gasteiger partial charge in [-0.25, -0.2) is 4.79 Å². The Morgan fingerprint density at radius 3 is 2.41 bits per heavy atom. The average molecular weight is 390 g/mol. The van der Waals surface area contributed by atoms with Crippen LogP contribution in [-0.4, -0.2) is 48.8 Å². The van der Waals surface area contributed by atoms with Crippen molar-refractivity contribution in [3.63, 3.8) is 0 Å². The molecule has 1 heterocycles. The molecule has 4 N–H and O–H groups in total. The molecule has 0 bridgehead atoms. The molecule has 7 nitrogen and oxygen atoms in total. The van der Waals surface area contributed by atoms with Crippen LogP contribution in [0.3, 0.4) is 0 Å². The van der Waals surface area contributed by atoms with Gasteiger partial charge in [-0.1, -0.05) is 17.7 Å². The second kappa shape index (κ2) is 7.96. The van der Waals surface area contributed by atoms with Crippen LogP contribution < -0.4 is 20.7 Å². The quantitative estimate of drug-likeness (QED) is 0.392. The second-order valence-corrected chi connectivity index (χ2v) is 6.65. The number of carboxylic acids is 1. The van der Waals surface area contributed by atoms with Gasteiger partial charge >= 0.3 is 11.7 Å². The van der Waals surface area contributed by atoms with E-state index in [0.717, 1.165) is 31.9 Å². The van der Waals surface area contributed by atoms with Gasteiger partial charge in [0.25, 0.3) is 0 Å². The Kier molecular flexibility index (Phi) is 5.65. The summed E-state index contributed by atoms with van der Waals surface area (Å²) in [6.07, 6.45) is 0. The molecule has 3 rings (SSSR count). The SMILES string of the molecule is NC(Oc1cccc(Cl)c1)(C(=O)O)C(=O)c1ccc(N2CCNCC2)cc1.